The summed E-state index contributed by atoms with van der Waals surface area (Å²) in [5.74, 6) is -0.714. The molecule has 5 rings (SSSR count). The van der Waals surface area contributed by atoms with Crippen LogP contribution in [0.4, 0.5) is 26.2 Å². The molecule has 0 amide bonds. The van der Waals surface area contributed by atoms with Crippen molar-refractivity contribution >= 4 is 27.3 Å². The topological polar surface area (TPSA) is 163 Å². The molecule has 3 heterocycles. The summed E-state index contributed by atoms with van der Waals surface area (Å²) in [7, 11) is -2.45. The first-order valence-corrected chi connectivity index (χ1v) is 13.0. The molecule has 38 heavy (non-hydrogen) atoms. The predicted molar refractivity (Wildman–Crippen MR) is 134 cm³/mol. The maximum atomic E-state index is 13.0. The van der Waals surface area contributed by atoms with Crippen LogP contribution in [0, 0.1) is 0 Å². The number of fused-ring (bicyclic) bond motifs is 1. The minimum Gasteiger partial charge on any atom is -0.415 e. The number of aliphatic hydroxyl groups is 2. The van der Waals surface area contributed by atoms with Crippen molar-refractivity contribution in [3.63, 3.8) is 0 Å². The van der Waals surface area contributed by atoms with E-state index in [9.17, 15) is 22.3 Å². The number of nitrogens with zero attached hydrogens (tertiary/aromatic N) is 4. The van der Waals surface area contributed by atoms with Gasteiger partial charge in [-0.25, -0.2) is 13.4 Å². The summed E-state index contributed by atoms with van der Waals surface area (Å²) in [6.45, 7) is 0.364. The van der Waals surface area contributed by atoms with E-state index in [-0.39, 0.29) is 40.3 Å². The van der Waals surface area contributed by atoms with Gasteiger partial charge in [-0.15, -0.1) is 10.2 Å². The number of benzene rings is 2. The maximum absolute atomic E-state index is 13.0. The van der Waals surface area contributed by atoms with Crippen LogP contribution in [-0.2, 0) is 16.4 Å². The largest absolute Gasteiger partial charge is 0.415 e. The molecule has 0 bridgehead atoms. The Morgan fingerprint density at radius 3 is 2.61 bits per heavy atom. The molecule has 1 unspecified atom stereocenters. The number of aliphatic hydroxyl groups excluding tert-OH is 2. The second-order valence-corrected chi connectivity index (χ2v) is 10.1. The lowest BCUT2D eigenvalue weighted by Crippen LogP contribution is -2.20. The molecule has 200 valence electrons. The Morgan fingerprint density at radius 1 is 1.13 bits per heavy atom. The van der Waals surface area contributed by atoms with Gasteiger partial charge in [-0.1, -0.05) is 30.3 Å². The normalized spacial score (nSPS) is 15.8. The minimum atomic E-state index is -3.45. The molecule has 14 heteroatoms. The van der Waals surface area contributed by atoms with Crippen molar-refractivity contribution in [3.8, 4) is 11.5 Å². The molecule has 0 radical (unpaired) electrons. The second-order valence-electron chi connectivity index (χ2n) is 8.04. The molecule has 0 fully saturated rings. The fourth-order valence-electron chi connectivity index (χ4n) is 3.78. The third-order valence-corrected chi connectivity index (χ3v) is 7.38. The molecule has 0 saturated heterocycles. The zero-order valence-corrected chi connectivity index (χ0v) is 20.9. The van der Waals surface area contributed by atoms with Crippen LogP contribution in [0.2, 0.25) is 0 Å². The maximum Gasteiger partial charge on any atom is 0.314 e. The van der Waals surface area contributed by atoms with Gasteiger partial charge >= 0.3 is 6.43 Å². The Morgan fingerprint density at radius 2 is 1.89 bits per heavy atom. The smallest absolute Gasteiger partial charge is 0.314 e. The number of aromatic nitrogens is 4. The van der Waals surface area contributed by atoms with Gasteiger partial charge in [0, 0.05) is 31.1 Å². The van der Waals surface area contributed by atoms with Gasteiger partial charge in [0.1, 0.15) is 5.82 Å². The molecule has 11 nitrogen and oxygen atoms in total. The van der Waals surface area contributed by atoms with Crippen LogP contribution in [0.3, 0.4) is 0 Å². The third kappa shape index (κ3) is 5.93. The van der Waals surface area contributed by atoms with Crippen LogP contribution in [0.25, 0.3) is 11.5 Å². The number of nitrogens with one attached hydrogen (secondary N) is 2. The van der Waals surface area contributed by atoms with E-state index < -0.39 is 28.3 Å². The lowest BCUT2D eigenvalue weighted by Gasteiger charge is -2.22. The lowest BCUT2D eigenvalue weighted by molar-refractivity contribution is 0.116. The van der Waals surface area contributed by atoms with Crippen molar-refractivity contribution in [2.75, 3.05) is 23.5 Å². The van der Waals surface area contributed by atoms with Crippen LogP contribution in [-0.4, -0.2) is 51.7 Å². The van der Waals surface area contributed by atoms with Crippen LogP contribution >= 0.6 is 0 Å². The Labute approximate surface area is 216 Å². The molecule has 4 aromatic rings. The van der Waals surface area contributed by atoms with E-state index in [2.05, 4.69) is 30.8 Å². The second kappa shape index (κ2) is 11.6. The van der Waals surface area contributed by atoms with Crippen LogP contribution < -0.4 is 10.6 Å². The van der Waals surface area contributed by atoms with Gasteiger partial charge in [0.25, 0.3) is 11.8 Å². The Balaban J connectivity index is 0.00000164. The summed E-state index contributed by atoms with van der Waals surface area (Å²) in [5, 5.41) is 30.5. The molecule has 2 aromatic carbocycles. The van der Waals surface area contributed by atoms with E-state index in [0.717, 1.165) is 12.7 Å². The molecule has 0 spiro atoms. The van der Waals surface area contributed by atoms with Gasteiger partial charge in [-0.2, -0.15) is 13.8 Å². The number of sulfone groups is 1. The molecule has 0 saturated carbocycles. The molecule has 4 N–H and O–H groups in total. The van der Waals surface area contributed by atoms with E-state index in [4.69, 9.17) is 9.52 Å². The van der Waals surface area contributed by atoms with Crippen molar-refractivity contribution in [1.29, 1.82) is 0 Å². The highest BCUT2D eigenvalue weighted by molar-refractivity contribution is 7.91. The van der Waals surface area contributed by atoms with E-state index >= 15 is 0 Å². The monoisotopic (exact) mass is 546 g/mol. The van der Waals surface area contributed by atoms with Gasteiger partial charge in [0.05, 0.1) is 22.3 Å². The molecule has 1 aliphatic heterocycles. The average Bonchev–Trinajstić information content (AvgIpc) is 3.42. The van der Waals surface area contributed by atoms with Gasteiger partial charge in [-0.3, -0.25) is 0 Å². The standard InChI is InChI=1S/C23H20F2N6O4S.CH4O/c24-19(25)22-31-30-21(35-22)16-12-27-23(29-20(16)26-11-13-4-2-1-3-5-13)28-14-6-7-18-15(10-14)17(32)8-9-36(18,33)34;1-2/h1-7,10,12,17,19,32H,8-9,11H2,(H2,26,27,28,29);2H,1H3. The summed E-state index contributed by atoms with van der Waals surface area (Å²) in [4.78, 5) is 8.76. The zero-order valence-electron chi connectivity index (χ0n) is 20.0. The summed E-state index contributed by atoms with van der Waals surface area (Å²) >= 11 is 0. The van der Waals surface area contributed by atoms with Crippen molar-refractivity contribution in [3.05, 3.63) is 71.7 Å². The van der Waals surface area contributed by atoms with Gasteiger partial charge in [0.2, 0.25) is 5.95 Å². The average molecular weight is 547 g/mol. The number of alkyl halides is 2. The molecular formula is C24H24F2N6O5S. The fraction of sp³-hybridized carbons (Fsp3) is 0.250. The van der Waals surface area contributed by atoms with Gasteiger partial charge in [-0.05, 0) is 30.2 Å². The lowest BCUT2D eigenvalue weighted by atomic mass is 10.1. The zero-order chi connectivity index (χ0) is 27.3. The quantitative estimate of drug-likeness (QED) is 0.268. The molecule has 1 atom stereocenters. The highest BCUT2D eigenvalue weighted by Crippen LogP contribution is 2.35. The van der Waals surface area contributed by atoms with E-state index in [1.807, 2.05) is 30.3 Å². The molecular weight excluding hydrogens is 522 g/mol. The Kier molecular flexibility index (Phi) is 8.24. The third-order valence-electron chi connectivity index (χ3n) is 5.57. The van der Waals surface area contributed by atoms with Crippen molar-refractivity contribution in [2.24, 2.45) is 0 Å². The van der Waals surface area contributed by atoms with Gasteiger partial charge in [0.15, 0.2) is 9.84 Å². The number of halogens is 2. The SMILES string of the molecule is CO.O=S1(=O)CCC(O)c2cc(Nc3ncc(-c4nnc(C(F)F)o4)c(NCc4ccccc4)n3)ccc21. The van der Waals surface area contributed by atoms with Crippen LogP contribution in [0.1, 0.15) is 36.0 Å². The minimum absolute atomic E-state index is 0.0968. The first-order chi connectivity index (χ1) is 18.3. The number of rotatable bonds is 7. The fourth-order valence-corrected chi connectivity index (χ4v) is 5.36. The van der Waals surface area contributed by atoms with Crippen molar-refractivity contribution in [2.45, 2.75) is 30.4 Å². The predicted octanol–water partition coefficient (Wildman–Crippen LogP) is 3.64. The van der Waals surface area contributed by atoms with Crippen molar-refractivity contribution in [1.82, 2.24) is 20.2 Å². The van der Waals surface area contributed by atoms with E-state index in [1.165, 1.54) is 18.3 Å². The van der Waals surface area contributed by atoms with Gasteiger partial charge < -0.3 is 25.3 Å². The summed E-state index contributed by atoms with van der Waals surface area (Å²) < 4.78 is 55.6. The Hall–Kier alpha value is -4.01. The van der Waals surface area contributed by atoms with Crippen LogP contribution in [0.15, 0.2) is 64.0 Å². The highest BCUT2D eigenvalue weighted by atomic mass is 32.2. The Bertz CT molecular complexity index is 1500. The summed E-state index contributed by atoms with van der Waals surface area (Å²) in [5.41, 5.74) is 1.93. The van der Waals surface area contributed by atoms with Crippen molar-refractivity contribution < 1.29 is 31.8 Å². The first kappa shape index (κ1) is 27.0. The molecule has 2 aromatic heterocycles. The molecule has 0 aliphatic carbocycles. The van der Waals surface area contributed by atoms with E-state index in [1.54, 1.807) is 6.07 Å². The number of hydrogen-bond donors (Lipinski definition) is 4. The summed E-state index contributed by atoms with van der Waals surface area (Å²) in [6.07, 6.45) is -2.36. The van der Waals surface area contributed by atoms with Crippen LogP contribution in [0.5, 0.6) is 0 Å². The number of anilines is 3. The summed E-state index contributed by atoms with van der Waals surface area (Å²) in [6, 6.07) is 14.0. The molecule has 1 aliphatic rings. The highest BCUT2D eigenvalue weighted by Gasteiger charge is 2.29. The first-order valence-electron chi connectivity index (χ1n) is 11.3. The number of hydrogen-bond acceptors (Lipinski definition) is 11. The van der Waals surface area contributed by atoms with E-state index in [0.29, 0.717) is 17.8 Å².